The molecule has 1 unspecified atom stereocenters. The molecule has 25 heavy (non-hydrogen) atoms. The van der Waals surface area contributed by atoms with Gasteiger partial charge in [0.15, 0.2) is 6.10 Å². The normalized spacial score (nSPS) is 15.9. The number of benzene rings is 2. The van der Waals surface area contributed by atoms with Gasteiger partial charge in [-0.2, -0.15) is 0 Å². The summed E-state index contributed by atoms with van der Waals surface area (Å²) in [5.41, 5.74) is 3.13. The van der Waals surface area contributed by atoms with Crippen molar-refractivity contribution < 1.29 is 19.5 Å². The number of hydrogen-bond acceptors (Lipinski definition) is 4. The Hall–Kier alpha value is -2.92. The molecule has 0 saturated heterocycles. The second-order valence-electron chi connectivity index (χ2n) is 5.83. The van der Waals surface area contributed by atoms with E-state index in [0.29, 0.717) is 4.74 Å². The van der Waals surface area contributed by atoms with Crippen molar-refractivity contribution in [1.82, 2.24) is 0 Å². The molecule has 1 aromatic heterocycles. The van der Waals surface area contributed by atoms with Crippen molar-refractivity contribution in [3.05, 3.63) is 76.7 Å². The largest absolute Gasteiger partial charge is 0.480 e. The number of ether oxygens (including phenoxy) is 1. The standard InChI is InChI=1S/C20H16NO3S/c1-13(22)21(23)12-15-11-17-19(14-7-3-2-4-8-14)24-18-10-6-5-9-16(18)20(17)25-15/h2-12,19,23H,1H3/q+1/b21-12+. The first-order valence-electron chi connectivity index (χ1n) is 7.92. The second-order valence-corrected chi connectivity index (χ2v) is 6.91. The van der Waals surface area contributed by atoms with Gasteiger partial charge in [-0.3, -0.25) is 5.21 Å². The number of carbonyl (C=O) groups excluding carboxylic acids is 1. The summed E-state index contributed by atoms with van der Waals surface area (Å²) < 4.78 is 6.87. The Labute approximate surface area is 149 Å². The highest BCUT2D eigenvalue weighted by Gasteiger charge is 2.30. The number of nitrogens with zero attached hydrogens (tertiary/aromatic N) is 1. The Kier molecular flexibility index (Phi) is 3.86. The van der Waals surface area contributed by atoms with Gasteiger partial charge in [-0.15, -0.1) is 11.3 Å². The van der Waals surface area contributed by atoms with E-state index in [1.165, 1.54) is 24.5 Å². The van der Waals surface area contributed by atoms with Crippen molar-refractivity contribution in [2.24, 2.45) is 0 Å². The summed E-state index contributed by atoms with van der Waals surface area (Å²) in [5.74, 6) is 0.410. The Morgan fingerprint density at radius 1 is 1.16 bits per heavy atom. The molecule has 0 saturated carbocycles. The summed E-state index contributed by atoms with van der Waals surface area (Å²) in [6.45, 7) is 1.31. The van der Waals surface area contributed by atoms with E-state index in [4.69, 9.17) is 4.74 Å². The van der Waals surface area contributed by atoms with Crippen molar-refractivity contribution in [2.45, 2.75) is 13.0 Å². The number of rotatable bonds is 2. The van der Waals surface area contributed by atoms with Crippen LogP contribution < -0.4 is 4.74 Å². The van der Waals surface area contributed by atoms with E-state index in [1.54, 1.807) is 0 Å². The Morgan fingerprint density at radius 3 is 2.64 bits per heavy atom. The maximum Gasteiger partial charge on any atom is 0.430 e. The molecule has 0 bridgehead atoms. The number of thiophene rings is 1. The topological polar surface area (TPSA) is 49.5 Å². The zero-order chi connectivity index (χ0) is 17.4. The van der Waals surface area contributed by atoms with Crippen LogP contribution in [-0.4, -0.2) is 22.1 Å². The van der Waals surface area contributed by atoms with Crippen LogP contribution in [0.2, 0.25) is 0 Å². The van der Waals surface area contributed by atoms with Crippen LogP contribution in [0, 0.1) is 0 Å². The average Bonchev–Trinajstić information content (AvgIpc) is 3.05. The zero-order valence-electron chi connectivity index (χ0n) is 13.5. The summed E-state index contributed by atoms with van der Waals surface area (Å²) in [7, 11) is 0. The molecule has 4 nitrogen and oxygen atoms in total. The first-order chi connectivity index (χ1) is 12.1. The lowest BCUT2D eigenvalue weighted by Crippen LogP contribution is -2.14. The van der Waals surface area contributed by atoms with E-state index in [9.17, 15) is 10.0 Å². The van der Waals surface area contributed by atoms with Crippen LogP contribution in [0.4, 0.5) is 0 Å². The minimum absolute atomic E-state index is 0.214. The molecule has 3 aromatic rings. The van der Waals surface area contributed by atoms with Gasteiger partial charge in [0, 0.05) is 20.7 Å². The van der Waals surface area contributed by atoms with E-state index in [1.807, 2.05) is 60.7 Å². The third-order valence-electron chi connectivity index (χ3n) is 4.11. The molecule has 2 aromatic carbocycles. The lowest BCUT2D eigenvalue weighted by atomic mass is 9.96. The lowest BCUT2D eigenvalue weighted by molar-refractivity contribution is -0.700. The zero-order valence-corrected chi connectivity index (χ0v) is 14.4. The first kappa shape index (κ1) is 15.6. The van der Waals surface area contributed by atoms with Crippen LogP contribution in [0.15, 0.2) is 60.7 Å². The molecule has 1 aliphatic heterocycles. The third-order valence-corrected chi connectivity index (χ3v) is 5.23. The van der Waals surface area contributed by atoms with Crippen molar-refractivity contribution in [3.8, 4) is 16.2 Å². The molecule has 1 amide bonds. The minimum Gasteiger partial charge on any atom is -0.480 e. The number of para-hydroxylation sites is 1. The molecular weight excluding hydrogens is 334 g/mol. The molecule has 1 N–H and O–H groups in total. The minimum atomic E-state index is -0.428. The van der Waals surface area contributed by atoms with E-state index < -0.39 is 5.91 Å². The monoisotopic (exact) mass is 350 g/mol. The Bertz CT molecular complexity index is 976. The molecule has 4 rings (SSSR count). The highest BCUT2D eigenvalue weighted by atomic mass is 32.1. The highest BCUT2D eigenvalue weighted by Crippen LogP contribution is 2.48. The number of hydrogen-bond donors (Lipinski definition) is 1. The van der Waals surface area contributed by atoms with Gasteiger partial charge in [0.05, 0.1) is 11.8 Å². The summed E-state index contributed by atoms with van der Waals surface area (Å²) in [5, 5.41) is 9.72. The summed E-state index contributed by atoms with van der Waals surface area (Å²) in [6, 6.07) is 19.9. The van der Waals surface area contributed by atoms with E-state index in [0.717, 1.165) is 32.2 Å². The van der Waals surface area contributed by atoms with Gasteiger partial charge >= 0.3 is 5.91 Å². The molecular formula is C20H16NO3S+. The van der Waals surface area contributed by atoms with E-state index in [-0.39, 0.29) is 6.10 Å². The molecule has 0 fully saturated rings. The van der Waals surface area contributed by atoms with Crippen LogP contribution >= 0.6 is 11.3 Å². The third kappa shape index (κ3) is 2.83. The smallest absolute Gasteiger partial charge is 0.430 e. The Morgan fingerprint density at radius 2 is 1.88 bits per heavy atom. The number of amides is 1. The fourth-order valence-corrected chi connectivity index (χ4v) is 4.06. The fourth-order valence-electron chi connectivity index (χ4n) is 2.93. The van der Waals surface area contributed by atoms with E-state index in [2.05, 4.69) is 0 Å². The van der Waals surface area contributed by atoms with Crippen molar-refractivity contribution in [2.75, 3.05) is 0 Å². The van der Waals surface area contributed by atoms with Gasteiger partial charge in [0.1, 0.15) is 5.75 Å². The van der Waals surface area contributed by atoms with Crippen LogP contribution in [0.25, 0.3) is 10.4 Å². The molecule has 2 heterocycles. The van der Waals surface area contributed by atoms with Gasteiger partial charge in [-0.05, 0) is 23.8 Å². The average molecular weight is 350 g/mol. The lowest BCUT2D eigenvalue weighted by Gasteiger charge is -2.26. The predicted molar refractivity (Wildman–Crippen MR) is 96.6 cm³/mol. The van der Waals surface area contributed by atoms with Gasteiger partial charge in [0.2, 0.25) is 6.21 Å². The van der Waals surface area contributed by atoms with Crippen LogP contribution in [-0.2, 0) is 4.79 Å². The fraction of sp³-hybridized carbons (Fsp3) is 0.100. The van der Waals surface area contributed by atoms with Gasteiger partial charge in [0.25, 0.3) is 0 Å². The molecule has 5 heteroatoms. The second kappa shape index (κ2) is 6.18. The Balaban J connectivity index is 1.88. The first-order valence-corrected chi connectivity index (χ1v) is 8.73. The molecule has 1 aliphatic rings. The predicted octanol–water partition coefficient (Wildman–Crippen LogP) is 4.26. The SMILES string of the molecule is CC(=O)/[N+](O)=C\c1cc2c(s1)-c1ccccc1OC2c1ccccc1. The summed E-state index contributed by atoms with van der Waals surface area (Å²) >= 11 is 1.53. The molecule has 124 valence electrons. The maximum absolute atomic E-state index is 11.3. The summed E-state index contributed by atoms with van der Waals surface area (Å²) in [4.78, 5) is 13.2. The van der Waals surface area contributed by atoms with E-state index >= 15 is 0 Å². The summed E-state index contributed by atoms with van der Waals surface area (Å²) in [6.07, 6.45) is 1.23. The molecule has 0 aliphatic carbocycles. The highest BCUT2D eigenvalue weighted by molar-refractivity contribution is 7.17. The van der Waals surface area contributed by atoms with Gasteiger partial charge in [-0.1, -0.05) is 42.5 Å². The number of carbonyl (C=O) groups is 1. The van der Waals surface area contributed by atoms with Crippen LogP contribution in [0.5, 0.6) is 5.75 Å². The maximum atomic E-state index is 11.3. The van der Waals surface area contributed by atoms with Crippen LogP contribution in [0.3, 0.4) is 0 Å². The van der Waals surface area contributed by atoms with Crippen molar-refractivity contribution in [3.63, 3.8) is 0 Å². The number of fused-ring (bicyclic) bond motifs is 3. The molecule has 1 atom stereocenters. The van der Waals surface area contributed by atoms with Gasteiger partial charge < -0.3 is 4.74 Å². The van der Waals surface area contributed by atoms with Crippen molar-refractivity contribution >= 4 is 23.5 Å². The quantitative estimate of drug-likeness (QED) is 0.247. The van der Waals surface area contributed by atoms with Crippen molar-refractivity contribution in [1.29, 1.82) is 0 Å². The molecule has 0 spiro atoms. The number of hydroxylamine groups is 1. The van der Waals surface area contributed by atoms with Crippen LogP contribution in [0.1, 0.15) is 29.0 Å². The molecule has 0 radical (unpaired) electrons. The van der Waals surface area contributed by atoms with Gasteiger partial charge in [-0.25, -0.2) is 4.79 Å².